The molecule has 1 aromatic carbocycles. The van der Waals surface area contributed by atoms with E-state index >= 15 is 0 Å². The van der Waals surface area contributed by atoms with Gasteiger partial charge in [-0.25, -0.2) is 0 Å². The zero-order valence-corrected chi connectivity index (χ0v) is 11.8. The lowest BCUT2D eigenvalue weighted by atomic mass is 9.77. The number of anilines is 1. The lowest BCUT2D eigenvalue weighted by Crippen LogP contribution is -2.16. The van der Waals surface area contributed by atoms with Crippen LogP contribution >= 0.6 is 0 Å². The van der Waals surface area contributed by atoms with Crippen LogP contribution < -0.4 is 4.90 Å². The third-order valence-corrected chi connectivity index (χ3v) is 4.19. The van der Waals surface area contributed by atoms with E-state index in [9.17, 15) is 4.79 Å². The Morgan fingerprint density at radius 2 is 1.74 bits per heavy atom. The van der Waals surface area contributed by atoms with Gasteiger partial charge in [-0.15, -0.1) is 0 Å². The number of hydrogen-bond donors (Lipinski definition) is 1. The number of carbonyl (C=O) groups is 1. The highest BCUT2D eigenvalue weighted by molar-refractivity contribution is 5.67. The first-order valence-corrected chi connectivity index (χ1v) is 7.05. The number of nitrogens with zero attached hydrogens (tertiary/aromatic N) is 1. The van der Waals surface area contributed by atoms with Crippen LogP contribution in [0.4, 0.5) is 5.69 Å². The molecule has 0 amide bonds. The summed E-state index contributed by atoms with van der Waals surface area (Å²) in [6.45, 7) is 0. The van der Waals surface area contributed by atoms with Crippen molar-refractivity contribution in [2.45, 2.75) is 38.0 Å². The van der Waals surface area contributed by atoms with Crippen LogP contribution in [0.25, 0.3) is 0 Å². The fourth-order valence-electron chi connectivity index (χ4n) is 2.99. The van der Waals surface area contributed by atoms with Gasteiger partial charge in [-0.05, 0) is 55.2 Å². The summed E-state index contributed by atoms with van der Waals surface area (Å²) in [4.78, 5) is 12.8. The first-order chi connectivity index (χ1) is 9.06. The summed E-state index contributed by atoms with van der Waals surface area (Å²) in [7, 11) is 4.10. The summed E-state index contributed by atoms with van der Waals surface area (Å²) in [5.41, 5.74) is 2.63. The molecule has 1 fully saturated rings. The maximum absolute atomic E-state index is 10.7. The van der Waals surface area contributed by atoms with Crippen LogP contribution in [0.3, 0.4) is 0 Å². The van der Waals surface area contributed by atoms with E-state index in [-0.39, 0.29) is 0 Å². The van der Waals surface area contributed by atoms with Gasteiger partial charge in [0.2, 0.25) is 0 Å². The molecule has 1 aliphatic rings. The number of aliphatic carboxylic acids is 1. The molecule has 19 heavy (non-hydrogen) atoms. The van der Waals surface area contributed by atoms with Gasteiger partial charge < -0.3 is 10.0 Å². The summed E-state index contributed by atoms with van der Waals surface area (Å²) >= 11 is 0. The average Bonchev–Trinajstić information content (AvgIpc) is 2.39. The van der Waals surface area contributed by atoms with E-state index < -0.39 is 5.97 Å². The second-order valence-electron chi connectivity index (χ2n) is 5.80. The molecule has 0 radical (unpaired) electrons. The Balaban J connectivity index is 1.92. The van der Waals surface area contributed by atoms with Crippen molar-refractivity contribution in [3.8, 4) is 0 Å². The van der Waals surface area contributed by atoms with Crippen LogP contribution in [0, 0.1) is 5.92 Å². The number of carboxylic acids is 1. The van der Waals surface area contributed by atoms with Crippen molar-refractivity contribution in [2.24, 2.45) is 5.92 Å². The molecule has 3 heteroatoms. The Morgan fingerprint density at radius 3 is 2.21 bits per heavy atom. The summed E-state index contributed by atoms with van der Waals surface area (Å²) in [6.07, 6.45) is 4.68. The average molecular weight is 261 g/mol. The van der Waals surface area contributed by atoms with Crippen molar-refractivity contribution in [2.75, 3.05) is 19.0 Å². The van der Waals surface area contributed by atoms with Crippen LogP contribution in [0.15, 0.2) is 24.3 Å². The van der Waals surface area contributed by atoms with Gasteiger partial charge in [-0.1, -0.05) is 12.1 Å². The Bertz CT molecular complexity index is 417. The molecule has 1 aliphatic carbocycles. The van der Waals surface area contributed by atoms with Gasteiger partial charge >= 0.3 is 5.97 Å². The Labute approximate surface area is 115 Å². The maximum Gasteiger partial charge on any atom is 0.303 e. The normalized spacial score (nSPS) is 23.1. The molecule has 104 valence electrons. The van der Waals surface area contributed by atoms with Crippen molar-refractivity contribution in [1.82, 2.24) is 0 Å². The van der Waals surface area contributed by atoms with E-state index in [2.05, 4.69) is 29.2 Å². The zero-order chi connectivity index (χ0) is 13.8. The molecule has 0 aromatic heterocycles. The quantitative estimate of drug-likeness (QED) is 0.901. The second-order valence-corrected chi connectivity index (χ2v) is 5.80. The Morgan fingerprint density at radius 1 is 1.16 bits per heavy atom. The second kappa shape index (κ2) is 6.09. The number of hydrogen-bond acceptors (Lipinski definition) is 2. The number of benzene rings is 1. The first-order valence-electron chi connectivity index (χ1n) is 7.05. The molecular weight excluding hydrogens is 238 g/mol. The molecule has 2 rings (SSSR count). The summed E-state index contributed by atoms with van der Waals surface area (Å²) in [6, 6.07) is 8.77. The lowest BCUT2D eigenvalue weighted by Gasteiger charge is -2.28. The van der Waals surface area contributed by atoms with Crippen molar-refractivity contribution in [3.63, 3.8) is 0 Å². The predicted molar refractivity (Wildman–Crippen MR) is 77.7 cm³/mol. The van der Waals surface area contributed by atoms with E-state index in [4.69, 9.17) is 5.11 Å². The number of carboxylic acid groups (broad SMARTS) is 1. The van der Waals surface area contributed by atoms with Crippen molar-refractivity contribution >= 4 is 11.7 Å². The fourth-order valence-corrected chi connectivity index (χ4v) is 2.99. The molecule has 0 unspecified atom stereocenters. The molecule has 0 heterocycles. The lowest BCUT2D eigenvalue weighted by molar-refractivity contribution is -0.138. The van der Waals surface area contributed by atoms with Crippen molar-refractivity contribution < 1.29 is 9.90 Å². The predicted octanol–water partition coefficient (Wildman–Crippen LogP) is 3.50. The zero-order valence-electron chi connectivity index (χ0n) is 11.8. The molecule has 0 aliphatic heterocycles. The summed E-state index contributed by atoms with van der Waals surface area (Å²) in [5, 5.41) is 8.83. The SMILES string of the molecule is CN(C)c1ccc([C@H]2CC[C@@H](CC(=O)O)CC2)cc1. The van der Waals surface area contributed by atoms with Crippen LogP contribution in [0.1, 0.15) is 43.6 Å². The van der Waals surface area contributed by atoms with Gasteiger partial charge in [0.15, 0.2) is 0 Å². The minimum Gasteiger partial charge on any atom is -0.481 e. The summed E-state index contributed by atoms with van der Waals surface area (Å²) < 4.78 is 0. The van der Waals surface area contributed by atoms with Crippen LogP contribution in [-0.4, -0.2) is 25.2 Å². The minimum absolute atomic E-state index is 0.340. The minimum atomic E-state index is -0.654. The molecule has 0 bridgehead atoms. The Hall–Kier alpha value is -1.51. The highest BCUT2D eigenvalue weighted by Gasteiger charge is 2.23. The van der Waals surface area contributed by atoms with Gasteiger partial charge in [0.05, 0.1) is 0 Å². The third kappa shape index (κ3) is 3.72. The topological polar surface area (TPSA) is 40.5 Å². The molecule has 0 saturated heterocycles. The van der Waals surface area contributed by atoms with Gasteiger partial charge in [-0.3, -0.25) is 4.79 Å². The van der Waals surface area contributed by atoms with E-state index in [1.165, 1.54) is 11.3 Å². The molecule has 0 spiro atoms. The van der Waals surface area contributed by atoms with E-state index in [1.54, 1.807) is 0 Å². The molecule has 3 nitrogen and oxygen atoms in total. The summed E-state index contributed by atoms with van der Waals surface area (Å²) in [5.74, 6) is 0.342. The van der Waals surface area contributed by atoms with Gasteiger partial charge in [-0.2, -0.15) is 0 Å². The Kier molecular flexibility index (Phi) is 4.46. The monoisotopic (exact) mass is 261 g/mol. The molecule has 0 atom stereocenters. The van der Waals surface area contributed by atoms with E-state index in [1.807, 2.05) is 14.1 Å². The van der Waals surface area contributed by atoms with Crippen LogP contribution in [0.5, 0.6) is 0 Å². The third-order valence-electron chi connectivity index (χ3n) is 4.19. The van der Waals surface area contributed by atoms with Crippen molar-refractivity contribution in [1.29, 1.82) is 0 Å². The molecule has 1 aromatic rings. The van der Waals surface area contributed by atoms with Crippen molar-refractivity contribution in [3.05, 3.63) is 29.8 Å². The maximum atomic E-state index is 10.7. The van der Waals surface area contributed by atoms with E-state index in [0.717, 1.165) is 25.7 Å². The highest BCUT2D eigenvalue weighted by Crippen LogP contribution is 2.37. The molecular formula is C16H23NO2. The molecule has 1 N–H and O–H groups in total. The fraction of sp³-hybridized carbons (Fsp3) is 0.562. The number of rotatable bonds is 4. The standard InChI is InChI=1S/C16H23NO2/c1-17(2)15-9-7-14(8-10-15)13-5-3-12(4-6-13)11-16(18)19/h7-10,12-13H,3-6,11H2,1-2H3,(H,18,19)/t12-,13+. The van der Waals surface area contributed by atoms with Crippen LogP contribution in [0.2, 0.25) is 0 Å². The molecule has 1 saturated carbocycles. The highest BCUT2D eigenvalue weighted by atomic mass is 16.4. The van der Waals surface area contributed by atoms with Gasteiger partial charge in [0.1, 0.15) is 0 Å². The van der Waals surface area contributed by atoms with E-state index in [0.29, 0.717) is 18.3 Å². The van der Waals surface area contributed by atoms with Gasteiger partial charge in [0, 0.05) is 26.2 Å². The smallest absolute Gasteiger partial charge is 0.303 e. The van der Waals surface area contributed by atoms with Gasteiger partial charge in [0.25, 0.3) is 0 Å². The first kappa shape index (κ1) is 13.9. The largest absolute Gasteiger partial charge is 0.481 e. The van der Waals surface area contributed by atoms with Crippen LogP contribution in [-0.2, 0) is 4.79 Å².